The summed E-state index contributed by atoms with van der Waals surface area (Å²) in [4.78, 5) is 15.4. The fourth-order valence-electron chi connectivity index (χ4n) is 10.2. The molecule has 1 spiro atoms. The van der Waals surface area contributed by atoms with Crippen molar-refractivity contribution >= 4 is 58.6 Å². The lowest BCUT2D eigenvalue weighted by atomic mass is 9.70. The number of rotatable bonds is 4. The van der Waals surface area contributed by atoms with Gasteiger partial charge in [-0.1, -0.05) is 146 Å². The van der Waals surface area contributed by atoms with E-state index in [9.17, 15) is 0 Å². The lowest BCUT2D eigenvalue weighted by molar-refractivity contribution is 0.797. The smallest absolute Gasteiger partial charge is 0.164 e. The number of aromatic nitrogens is 3. The maximum atomic E-state index is 5.15. The topological polar surface area (TPSA) is 38.7 Å². The van der Waals surface area contributed by atoms with Crippen LogP contribution in [0.5, 0.6) is 0 Å². The van der Waals surface area contributed by atoms with Crippen molar-refractivity contribution in [2.24, 2.45) is 0 Å². The van der Waals surface area contributed by atoms with Crippen molar-refractivity contribution in [2.45, 2.75) is 18.3 Å². The highest BCUT2D eigenvalue weighted by atomic mass is 32.1. The van der Waals surface area contributed by atoms with Crippen LogP contribution in [-0.4, -0.2) is 15.0 Å². The predicted octanol–water partition coefficient (Wildman–Crippen LogP) is 14.0. The van der Waals surface area contributed by atoms with Crippen LogP contribution in [0.4, 0.5) is 0 Å². The molecular weight excluding hydrogens is 723 g/mol. The molecule has 0 bridgehead atoms. The van der Waals surface area contributed by atoms with Crippen LogP contribution in [0.25, 0.3) is 92.3 Å². The van der Waals surface area contributed by atoms with E-state index >= 15 is 0 Å². The SMILES string of the molecule is C1=CCCC(c2nc(-c3ccc(-c4ccc5c(c4)C4(c6ccccc6-5)c5cccc6ccc7cccc4c7c56)cc3)nc(-c3ccc4sc5ccccc5c4c3)n2)=C1. The summed E-state index contributed by atoms with van der Waals surface area (Å²) in [5.41, 5.74) is 13.2. The summed E-state index contributed by atoms with van der Waals surface area (Å²) < 4.78 is 2.56. The van der Waals surface area contributed by atoms with E-state index in [4.69, 9.17) is 15.0 Å². The zero-order valence-electron chi connectivity index (χ0n) is 31.4. The van der Waals surface area contributed by atoms with Crippen molar-refractivity contribution in [1.82, 2.24) is 15.0 Å². The highest BCUT2D eigenvalue weighted by Gasteiger charge is 2.50. The largest absolute Gasteiger partial charge is 0.209 e. The highest BCUT2D eigenvalue weighted by Crippen LogP contribution is 2.62. The van der Waals surface area contributed by atoms with Crippen molar-refractivity contribution in [1.29, 1.82) is 0 Å². The molecule has 0 fully saturated rings. The van der Waals surface area contributed by atoms with Crippen LogP contribution in [-0.2, 0) is 5.41 Å². The molecule has 3 aliphatic carbocycles. The van der Waals surface area contributed by atoms with Crippen molar-refractivity contribution < 1.29 is 0 Å². The first-order chi connectivity index (χ1) is 28.7. The van der Waals surface area contributed by atoms with Gasteiger partial charge in [0.2, 0.25) is 0 Å². The Labute approximate surface area is 339 Å². The van der Waals surface area contributed by atoms with E-state index in [0.717, 1.165) is 40.9 Å². The van der Waals surface area contributed by atoms with Gasteiger partial charge in [-0.25, -0.2) is 15.0 Å². The number of thiophene rings is 1. The van der Waals surface area contributed by atoms with Gasteiger partial charge in [0.05, 0.1) is 5.41 Å². The minimum Gasteiger partial charge on any atom is -0.209 e. The van der Waals surface area contributed by atoms with Gasteiger partial charge < -0.3 is 0 Å². The van der Waals surface area contributed by atoms with Crippen LogP contribution >= 0.6 is 11.3 Å². The van der Waals surface area contributed by atoms with E-state index in [-0.39, 0.29) is 5.41 Å². The van der Waals surface area contributed by atoms with Crippen LogP contribution < -0.4 is 0 Å². The molecule has 0 unspecified atom stereocenters. The van der Waals surface area contributed by atoms with Gasteiger partial charge in [-0.3, -0.25) is 0 Å². The number of fused-ring (bicyclic) bond motifs is 10. The Kier molecular flexibility index (Phi) is 6.64. The molecule has 3 nitrogen and oxygen atoms in total. The maximum Gasteiger partial charge on any atom is 0.164 e. The predicted molar refractivity (Wildman–Crippen MR) is 241 cm³/mol. The first-order valence-electron chi connectivity index (χ1n) is 20.1. The maximum absolute atomic E-state index is 5.15. The molecule has 270 valence electrons. The average Bonchev–Trinajstić information content (AvgIpc) is 3.93. The summed E-state index contributed by atoms with van der Waals surface area (Å²) in [5.74, 6) is 2.13. The molecule has 13 rings (SSSR count). The number of hydrogen-bond acceptors (Lipinski definition) is 4. The summed E-state index contributed by atoms with van der Waals surface area (Å²) in [5, 5.41) is 7.87. The molecule has 0 atom stereocenters. The van der Waals surface area contributed by atoms with Crippen LogP contribution in [0.3, 0.4) is 0 Å². The Hall–Kier alpha value is -7.01. The normalized spacial score (nSPS) is 14.6. The first-order valence-corrected chi connectivity index (χ1v) is 20.9. The molecule has 0 N–H and O–H groups in total. The number of benzene rings is 8. The van der Waals surface area contributed by atoms with E-state index in [1.165, 1.54) is 80.7 Å². The number of allylic oxidation sites excluding steroid dienone is 4. The Bertz CT molecular complexity index is 3400. The summed E-state index contributed by atoms with van der Waals surface area (Å²) >= 11 is 1.82. The standard InChI is InChI=1S/C54H33N3S/c1-2-10-35(11-3-1)51-55-52(57-53(56-51)38-27-29-48-42(30-38)41-15-5-7-19-47(41)58-48)36-24-20-32(21-25-36)37-26-28-40-39-14-4-6-16-43(39)54(46(40)31-37)44-17-8-12-33-22-23-34-13-9-18-45(54)50(34)49(33)44/h1-2,4-10,12-31H,3,11H2. The van der Waals surface area contributed by atoms with Gasteiger partial charge in [-0.05, 0) is 115 Å². The fraction of sp³-hybridized carbons (Fsp3) is 0.0556. The lowest BCUT2D eigenvalue weighted by Crippen LogP contribution is -2.26. The zero-order chi connectivity index (χ0) is 38.0. The fourth-order valence-corrected chi connectivity index (χ4v) is 11.3. The van der Waals surface area contributed by atoms with Crippen LogP contribution in [0.15, 0.2) is 176 Å². The van der Waals surface area contributed by atoms with Gasteiger partial charge >= 0.3 is 0 Å². The molecule has 10 aromatic rings. The molecule has 0 saturated carbocycles. The Balaban J connectivity index is 0.942. The monoisotopic (exact) mass is 755 g/mol. The van der Waals surface area contributed by atoms with E-state index < -0.39 is 0 Å². The van der Waals surface area contributed by atoms with Gasteiger partial charge in [0.1, 0.15) is 0 Å². The molecule has 3 aliphatic rings. The molecule has 0 saturated heterocycles. The third-order valence-electron chi connectivity index (χ3n) is 12.8. The lowest BCUT2D eigenvalue weighted by Gasteiger charge is -2.31. The third kappa shape index (κ3) is 4.41. The van der Waals surface area contributed by atoms with Crippen molar-refractivity contribution in [3.05, 3.63) is 204 Å². The second kappa shape index (κ2) is 12.0. The zero-order valence-corrected chi connectivity index (χ0v) is 32.2. The quantitative estimate of drug-likeness (QED) is 0.168. The van der Waals surface area contributed by atoms with Gasteiger partial charge in [-0.2, -0.15) is 0 Å². The molecule has 2 heterocycles. The molecule has 4 heteroatoms. The van der Waals surface area contributed by atoms with Crippen molar-refractivity contribution in [3.63, 3.8) is 0 Å². The summed E-state index contributed by atoms with van der Waals surface area (Å²) in [6, 6.07) is 58.5. The highest BCUT2D eigenvalue weighted by molar-refractivity contribution is 7.25. The van der Waals surface area contributed by atoms with Gasteiger partial charge in [0, 0.05) is 31.3 Å². The van der Waals surface area contributed by atoms with Crippen LogP contribution in [0.1, 0.15) is 40.9 Å². The van der Waals surface area contributed by atoms with Crippen molar-refractivity contribution in [3.8, 4) is 45.0 Å². The second-order valence-electron chi connectivity index (χ2n) is 15.8. The van der Waals surface area contributed by atoms with Crippen molar-refractivity contribution in [2.75, 3.05) is 0 Å². The van der Waals surface area contributed by atoms with E-state index in [1.54, 1.807) is 0 Å². The number of hydrogen-bond donors (Lipinski definition) is 0. The molecular formula is C54H33N3S. The average molecular weight is 756 g/mol. The Morgan fingerprint density at radius 2 is 1.09 bits per heavy atom. The molecule has 8 aromatic carbocycles. The third-order valence-corrected chi connectivity index (χ3v) is 13.9. The molecule has 2 aromatic heterocycles. The summed E-state index contributed by atoms with van der Waals surface area (Å²) in [6.45, 7) is 0. The van der Waals surface area contributed by atoms with E-state index in [2.05, 4.69) is 176 Å². The Morgan fingerprint density at radius 1 is 0.448 bits per heavy atom. The minimum atomic E-state index is -0.385. The minimum absolute atomic E-state index is 0.385. The molecule has 0 amide bonds. The second-order valence-corrected chi connectivity index (χ2v) is 16.9. The van der Waals surface area contributed by atoms with Crippen LogP contribution in [0, 0.1) is 0 Å². The van der Waals surface area contributed by atoms with Gasteiger partial charge in [0.15, 0.2) is 17.5 Å². The van der Waals surface area contributed by atoms with E-state index in [0.29, 0.717) is 11.6 Å². The summed E-state index contributed by atoms with van der Waals surface area (Å²) in [6.07, 6.45) is 8.35. The first kappa shape index (κ1) is 32.1. The van der Waals surface area contributed by atoms with E-state index in [1.807, 2.05) is 11.3 Å². The van der Waals surface area contributed by atoms with Crippen LogP contribution in [0.2, 0.25) is 0 Å². The summed E-state index contributed by atoms with van der Waals surface area (Å²) in [7, 11) is 0. The van der Waals surface area contributed by atoms with Gasteiger partial charge in [-0.15, -0.1) is 11.3 Å². The number of nitrogens with zero attached hydrogens (tertiary/aromatic N) is 3. The molecule has 0 radical (unpaired) electrons. The molecule has 0 aliphatic heterocycles. The molecule has 58 heavy (non-hydrogen) atoms. The Morgan fingerprint density at radius 3 is 1.88 bits per heavy atom. The van der Waals surface area contributed by atoms with Gasteiger partial charge in [0.25, 0.3) is 0 Å².